The summed E-state index contributed by atoms with van der Waals surface area (Å²) in [5.41, 5.74) is 8.27. The van der Waals surface area contributed by atoms with Crippen LogP contribution in [0.4, 0.5) is 5.69 Å². The van der Waals surface area contributed by atoms with Crippen molar-refractivity contribution in [2.24, 2.45) is 0 Å². The first-order valence-corrected chi connectivity index (χ1v) is 15.3. The monoisotopic (exact) mass is 563 g/mol. The summed E-state index contributed by atoms with van der Waals surface area (Å²) in [6.07, 6.45) is 0.743. The Balaban J connectivity index is 1.94. The van der Waals surface area contributed by atoms with Gasteiger partial charge in [0.15, 0.2) is 6.10 Å². The summed E-state index contributed by atoms with van der Waals surface area (Å²) in [4.78, 5) is 13.4. The highest BCUT2D eigenvalue weighted by molar-refractivity contribution is 7.92. The Morgan fingerprint density at radius 2 is 1.70 bits per heavy atom. The maximum atomic E-state index is 13.4. The zero-order valence-corrected chi connectivity index (χ0v) is 25.0. The van der Waals surface area contributed by atoms with Gasteiger partial charge in [0, 0.05) is 11.1 Å². The van der Waals surface area contributed by atoms with Crippen LogP contribution in [-0.4, -0.2) is 33.7 Å². The Bertz CT molecular complexity index is 1620. The molecule has 7 nitrogen and oxygen atoms in total. The van der Waals surface area contributed by atoms with Crippen LogP contribution in [0.5, 0.6) is 5.75 Å². The first-order valence-electron chi connectivity index (χ1n) is 13.6. The third-order valence-corrected chi connectivity index (χ3v) is 8.95. The first-order chi connectivity index (χ1) is 18.8. The van der Waals surface area contributed by atoms with E-state index in [-0.39, 0.29) is 5.75 Å². The minimum Gasteiger partial charge on any atom is -0.493 e. The number of esters is 1. The number of ether oxygens (including phenoxy) is 3. The van der Waals surface area contributed by atoms with Crippen LogP contribution in [0.15, 0.2) is 36.4 Å². The van der Waals surface area contributed by atoms with Crippen molar-refractivity contribution in [1.29, 1.82) is 0 Å². The van der Waals surface area contributed by atoms with Gasteiger partial charge < -0.3 is 14.2 Å². The lowest BCUT2D eigenvalue weighted by Crippen LogP contribution is -2.29. The fourth-order valence-corrected chi connectivity index (χ4v) is 7.31. The third-order valence-electron chi connectivity index (χ3n) is 7.74. The predicted molar refractivity (Wildman–Crippen MR) is 157 cm³/mol. The predicted octanol–water partition coefficient (Wildman–Crippen LogP) is 6.56. The van der Waals surface area contributed by atoms with Gasteiger partial charge in [0.25, 0.3) is 0 Å². The molecule has 2 heterocycles. The third kappa shape index (κ3) is 4.99. The van der Waals surface area contributed by atoms with E-state index in [9.17, 15) is 13.2 Å². The van der Waals surface area contributed by atoms with Crippen molar-refractivity contribution in [2.45, 2.75) is 71.8 Å². The number of carbonyl (C=O) groups is 1. The van der Waals surface area contributed by atoms with Crippen LogP contribution in [0.1, 0.15) is 66.7 Å². The van der Waals surface area contributed by atoms with E-state index >= 15 is 0 Å². The van der Waals surface area contributed by atoms with Crippen molar-refractivity contribution in [1.82, 2.24) is 0 Å². The van der Waals surface area contributed by atoms with Gasteiger partial charge in [-0.15, -0.1) is 0 Å². The smallest absolute Gasteiger partial charge is 0.339 e. The zero-order valence-electron chi connectivity index (χ0n) is 24.2. The van der Waals surface area contributed by atoms with Crippen LogP contribution in [-0.2, 0) is 36.5 Å². The average Bonchev–Trinajstić information content (AvgIpc) is 3.02. The summed E-state index contributed by atoms with van der Waals surface area (Å²) in [6, 6.07) is 11.6. The van der Waals surface area contributed by atoms with E-state index in [1.807, 2.05) is 71.0 Å². The van der Waals surface area contributed by atoms with Gasteiger partial charge >= 0.3 is 5.97 Å². The second-order valence-corrected chi connectivity index (χ2v) is 13.3. The van der Waals surface area contributed by atoms with E-state index < -0.39 is 27.7 Å². The van der Waals surface area contributed by atoms with Crippen LogP contribution in [0.2, 0.25) is 0 Å². The highest BCUT2D eigenvalue weighted by Gasteiger charge is 2.37. The van der Waals surface area contributed by atoms with Gasteiger partial charge in [0.1, 0.15) is 5.75 Å². The average molecular weight is 564 g/mol. The van der Waals surface area contributed by atoms with Crippen molar-refractivity contribution >= 4 is 21.7 Å². The first kappa shape index (κ1) is 28.2. The maximum Gasteiger partial charge on any atom is 0.339 e. The van der Waals surface area contributed by atoms with Crippen molar-refractivity contribution in [3.63, 3.8) is 0 Å². The number of fused-ring (bicyclic) bond motifs is 4. The summed E-state index contributed by atoms with van der Waals surface area (Å²) < 4.78 is 47.0. The molecule has 0 bridgehead atoms. The van der Waals surface area contributed by atoms with Crippen LogP contribution >= 0.6 is 0 Å². The Labute approximate surface area is 236 Å². The molecule has 2 aliphatic heterocycles. The zero-order chi connectivity index (χ0) is 29.0. The van der Waals surface area contributed by atoms with Crippen LogP contribution in [0.25, 0.3) is 22.3 Å². The number of carbonyl (C=O) groups excluding carboxylic acids is 1. The number of hydrogen-bond donors (Lipinski definition) is 1. The topological polar surface area (TPSA) is 90.9 Å². The molecular weight excluding hydrogens is 526 g/mol. The standard InChI is InChI=1S/C32H37NO6S/c1-18-22-13-10-16-38-25(22)15-14-23(18)26-19(2)27-24-12-9-8-11-21(24)17-40(35,36)33-29(27)20(3)28(26)30(31(34)37-7)39-32(4,5)6/h8-9,11-12,14-15,30,33H,10,13,16-17H2,1-7H3/t30-/m0/s1. The molecular formula is C32H37NO6S. The number of methoxy groups -OCH3 is 1. The van der Waals surface area contributed by atoms with Crippen molar-refractivity contribution in [3.05, 3.63) is 69.8 Å². The lowest BCUT2D eigenvalue weighted by atomic mass is 9.80. The Morgan fingerprint density at radius 1 is 0.975 bits per heavy atom. The SMILES string of the molecule is COC(=O)[C@@H](OC(C)(C)C)c1c(C)c2c(c(C)c1-c1ccc3c(c1C)CCCO3)-c1ccccc1CS(=O)(=O)N2. The van der Waals surface area contributed by atoms with Crippen LogP contribution in [0.3, 0.4) is 0 Å². The van der Waals surface area contributed by atoms with E-state index in [0.29, 0.717) is 23.4 Å². The quantitative estimate of drug-likeness (QED) is 0.362. The van der Waals surface area contributed by atoms with Gasteiger partial charge in [-0.25, -0.2) is 13.2 Å². The normalized spacial score (nSPS) is 16.4. The number of hydrogen-bond acceptors (Lipinski definition) is 6. The molecule has 1 atom stereocenters. The van der Waals surface area contributed by atoms with E-state index in [4.69, 9.17) is 14.2 Å². The molecule has 212 valence electrons. The second-order valence-electron chi connectivity index (χ2n) is 11.6. The van der Waals surface area contributed by atoms with Crippen molar-refractivity contribution in [3.8, 4) is 28.0 Å². The van der Waals surface area contributed by atoms with Crippen LogP contribution < -0.4 is 9.46 Å². The number of rotatable bonds is 4. The molecule has 3 aromatic carbocycles. The number of nitrogens with one attached hydrogen (secondary N) is 1. The highest BCUT2D eigenvalue weighted by atomic mass is 32.2. The maximum absolute atomic E-state index is 13.4. The van der Waals surface area contributed by atoms with Gasteiger partial charge in [-0.05, 0) is 105 Å². The molecule has 0 saturated heterocycles. The molecule has 5 rings (SSSR count). The molecule has 40 heavy (non-hydrogen) atoms. The van der Waals surface area contributed by atoms with Gasteiger partial charge in [-0.3, -0.25) is 4.72 Å². The minimum atomic E-state index is -3.71. The summed E-state index contributed by atoms with van der Waals surface area (Å²) in [5.74, 6) is 0.191. The van der Waals surface area contributed by atoms with E-state index in [1.165, 1.54) is 7.11 Å². The fraction of sp³-hybridized carbons (Fsp3) is 0.406. The van der Waals surface area contributed by atoms with Crippen LogP contribution in [0, 0.1) is 20.8 Å². The fourth-order valence-electron chi connectivity index (χ4n) is 6.01. The van der Waals surface area contributed by atoms with Crippen molar-refractivity contribution < 1.29 is 27.4 Å². The lowest BCUT2D eigenvalue weighted by Gasteiger charge is -2.32. The molecule has 0 fully saturated rings. The Kier molecular flexibility index (Phi) is 7.21. The summed E-state index contributed by atoms with van der Waals surface area (Å²) in [5, 5.41) is 0. The molecule has 0 spiro atoms. The second kappa shape index (κ2) is 10.2. The minimum absolute atomic E-state index is 0.143. The highest BCUT2D eigenvalue weighted by Crippen LogP contribution is 2.50. The molecule has 0 saturated carbocycles. The molecule has 0 amide bonds. The molecule has 0 unspecified atom stereocenters. The summed E-state index contributed by atoms with van der Waals surface area (Å²) in [7, 11) is -2.37. The van der Waals surface area contributed by atoms with Gasteiger partial charge in [0.2, 0.25) is 10.0 Å². The van der Waals surface area contributed by atoms with Gasteiger partial charge in [-0.2, -0.15) is 0 Å². The Hall–Kier alpha value is -3.36. The molecule has 1 N–H and O–H groups in total. The molecule has 3 aromatic rings. The van der Waals surface area contributed by atoms with Crippen molar-refractivity contribution in [2.75, 3.05) is 18.4 Å². The molecule has 2 aliphatic rings. The van der Waals surface area contributed by atoms with Gasteiger partial charge in [0.05, 0.1) is 30.8 Å². The molecule has 0 radical (unpaired) electrons. The summed E-state index contributed by atoms with van der Waals surface area (Å²) >= 11 is 0. The largest absolute Gasteiger partial charge is 0.493 e. The lowest BCUT2D eigenvalue weighted by molar-refractivity contribution is -0.164. The summed E-state index contributed by atoms with van der Waals surface area (Å²) in [6.45, 7) is 12.3. The molecule has 8 heteroatoms. The number of sulfonamides is 1. The van der Waals surface area contributed by atoms with E-state index in [2.05, 4.69) is 11.6 Å². The van der Waals surface area contributed by atoms with Gasteiger partial charge in [-0.1, -0.05) is 30.3 Å². The molecule has 0 aliphatic carbocycles. The number of anilines is 1. The van der Waals surface area contributed by atoms with E-state index in [1.54, 1.807) is 0 Å². The van der Waals surface area contributed by atoms with E-state index in [0.717, 1.165) is 63.1 Å². The molecule has 0 aromatic heterocycles. The Morgan fingerprint density at radius 3 is 2.40 bits per heavy atom. The number of benzene rings is 3.